The van der Waals surface area contributed by atoms with Gasteiger partial charge in [0.1, 0.15) is 0 Å². The number of aromatic nitrogens is 3. The summed E-state index contributed by atoms with van der Waals surface area (Å²) in [6.07, 6.45) is 1.77. The van der Waals surface area contributed by atoms with E-state index < -0.39 is 0 Å². The van der Waals surface area contributed by atoms with Crippen molar-refractivity contribution < 1.29 is 9.53 Å². The van der Waals surface area contributed by atoms with E-state index in [2.05, 4.69) is 39.6 Å². The molecule has 2 saturated heterocycles. The number of amides is 1. The van der Waals surface area contributed by atoms with Gasteiger partial charge in [-0.05, 0) is 11.4 Å². The van der Waals surface area contributed by atoms with Crippen LogP contribution in [0.25, 0.3) is 0 Å². The van der Waals surface area contributed by atoms with Crippen molar-refractivity contribution in [2.75, 3.05) is 39.4 Å². The van der Waals surface area contributed by atoms with Crippen molar-refractivity contribution in [3.8, 4) is 0 Å². The van der Waals surface area contributed by atoms with Gasteiger partial charge in [0.25, 0.3) is 5.91 Å². The number of ether oxygens (including phenoxy) is 1. The molecule has 4 heterocycles. The van der Waals surface area contributed by atoms with Gasteiger partial charge in [-0.1, -0.05) is 18.2 Å². The average Bonchev–Trinajstić information content (AvgIpc) is 3.25. The lowest BCUT2D eigenvalue weighted by Crippen LogP contribution is -2.48. The Morgan fingerprint density at radius 2 is 2.12 bits per heavy atom. The molecule has 0 N–H and O–H groups in total. The number of carbonyl (C=O) groups is 1. The molecule has 8 heteroatoms. The Morgan fingerprint density at radius 1 is 1.32 bits per heavy atom. The molecule has 2 aliphatic heterocycles. The van der Waals surface area contributed by atoms with Crippen molar-refractivity contribution in [1.29, 1.82) is 0 Å². The normalized spacial score (nSPS) is 20.4. The Labute approximate surface area is 151 Å². The maximum Gasteiger partial charge on any atom is 0.276 e. The minimum absolute atomic E-state index is 0.0166. The molecule has 7 nitrogen and oxygen atoms in total. The SMILES string of the molecule is CC1(Cn2cc(C(=O)N3CCN(Cc4cccs4)CC3)nn2)COC1. The van der Waals surface area contributed by atoms with Crippen LogP contribution in [0.3, 0.4) is 0 Å². The number of piperazine rings is 1. The van der Waals surface area contributed by atoms with Gasteiger partial charge in [0, 0.05) is 43.0 Å². The molecule has 2 aliphatic rings. The second-order valence-corrected chi connectivity index (χ2v) is 8.28. The molecule has 0 radical (unpaired) electrons. The minimum atomic E-state index is -0.0166. The fourth-order valence-corrected chi connectivity index (χ4v) is 4.05. The third-order valence-electron chi connectivity index (χ3n) is 4.82. The number of nitrogens with zero attached hydrogens (tertiary/aromatic N) is 5. The fourth-order valence-electron chi connectivity index (χ4n) is 3.30. The fraction of sp³-hybridized carbons (Fsp3) is 0.588. The van der Waals surface area contributed by atoms with Crippen molar-refractivity contribution in [2.24, 2.45) is 5.41 Å². The molecular weight excluding hydrogens is 338 g/mol. The van der Waals surface area contributed by atoms with E-state index in [1.807, 2.05) is 4.90 Å². The Bertz CT molecular complexity index is 717. The summed E-state index contributed by atoms with van der Waals surface area (Å²) in [7, 11) is 0. The maximum atomic E-state index is 12.7. The first kappa shape index (κ1) is 16.7. The van der Waals surface area contributed by atoms with E-state index in [1.54, 1.807) is 22.2 Å². The Morgan fingerprint density at radius 3 is 2.76 bits per heavy atom. The van der Waals surface area contributed by atoms with Crippen LogP contribution >= 0.6 is 11.3 Å². The standard InChI is InChI=1S/C17H23N5O2S/c1-17(12-24-13-17)11-22-10-15(18-19-22)16(23)21-6-4-20(5-7-21)9-14-3-2-8-25-14/h2-3,8,10H,4-7,9,11-13H2,1H3. The van der Waals surface area contributed by atoms with Crippen LogP contribution in [0.1, 0.15) is 22.3 Å². The van der Waals surface area contributed by atoms with Crippen LogP contribution in [0.5, 0.6) is 0 Å². The highest BCUT2D eigenvalue weighted by Crippen LogP contribution is 2.28. The van der Waals surface area contributed by atoms with Crippen molar-refractivity contribution in [1.82, 2.24) is 24.8 Å². The molecule has 0 spiro atoms. The largest absolute Gasteiger partial charge is 0.380 e. The van der Waals surface area contributed by atoms with Gasteiger partial charge >= 0.3 is 0 Å². The molecule has 25 heavy (non-hydrogen) atoms. The van der Waals surface area contributed by atoms with Crippen LogP contribution in [0.15, 0.2) is 23.7 Å². The van der Waals surface area contributed by atoms with Gasteiger partial charge in [-0.3, -0.25) is 14.4 Å². The summed E-state index contributed by atoms with van der Waals surface area (Å²) in [6, 6.07) is 4.24. The van der Waals surface area contributed by atoms with Crippen LogP contribution in [0, 0.1) is 5.41 Å². The first-order chi connectivity index (χ1) is 12.1. The van der Waals surface area contributed by atoms with Gasteiger partial charge in [-0.15, -0.1) is 16.4 Å². The van der Waals surface area contributed by atoms with Crippen LogP contribution in [-0.2, 0) is 17.8 Å². The van der Waals surface area contributed by atoms with Crippen molar-refractivity contribution in [2.45, 2.75) is 20.0 Å². The lowest BCUT2D eigenvalue weighted by molar-refractivity contribution is -0.111. The third-order valence-corrected chi connectivity index (χ3v) is 5.68. The van der Waals surface area contributed by atoms with Gasteiger partial charge in [-0.2, -0.15) is 0 Å². The molecular formula is C17H23N5O2S. The predicted molar refractivity (Wildman–Crippen MR) is 94.4 cm³/mol. The minimum Gasteiger partial charge on any atom is -0.380 e. The number of hydrogen-bond acceptors (Lipinski definition) is 6. The second-order valence-electron chi connectivity index (χ2n) is 7.25. The summed E-state index contributed by atoms with van der Waals surface area (Å²) < 4.78 is 7.03. The molecule has 0 bridgehead atoms. The molecule has 2 aromatic heterocycles. The highest BCUT2D eigenvalue weighted by Gasteiger charge is 2.34. The number of carbonyl (C=O) groups excluding carboxylic acids is 1. The Kier molecular flexibility index (Phi) is 4.58. The van der Waals surface area contributed by atoms with Crippen molar-refractivity contribution in [3.05, 3.63) is 34.3 Å². The van der Waals surface area contributed by atoms with Crippen LogP contribution in [0.2, 0.25) is 0 Å². The van der Waals surface area contributed by atoms with Gasteiger partial charge in [0.15, 0.2) is 5.69 Å². The molecule has 0 atom stereocenters. The zero-order chi connectivity index (χ0) is 17.3. The van der Waals surface area contributed by atoms with Gasteiger partial charge in [-0.25, -0.2) is 0 Å². The van der Waals surface area contributed by atoms with Gasteiger partial charge in [0.2, 0.25) is 0 Å². The summed E-state index contributed by atoms with van der Waals surface area (Å²) in [5.41, 5.74) is 0.553. The molecule has 0 unspecified atom stereocenters. The highest BCUT2D eigenvalue weighted by molar-refractivity contribution is 7.09. The van der Waals surface area contributed by atoms with E-state index >= 15 is 0 Å². The van der Waals surface area contributed by atoms with E-state index in [0.717, 1.165) is 52.5 Å². The van der Waals surface area contributed by atoms with Gasteiger partial charge in [0.05, 0.1) is 26.0 Å². The second kappa shape index (κ2) is 6.86. The Hall–Kier alpha value is -1.77. The van der Waals surface area contributed by atoms with Crippen LogP contribution in [0.4, 0.5) is 0 Å². The Balaban J connectivity index is 1.30. The third kappa shape index (κ3) is 3.75. The summed E-state index contributed by atoms with van der Waals surface area (Å²) >= 11 is 1.78. The molecule has 0 saturated carbocycles. The van der Waals surface area contributed by atoms with E-state index in [0.29, 0.717) is 5.69 Å². The summed E-state index contributed by atoms with van der Waals surface area (Å²) in [4.78, 5) is 18.3. The van der Waals surface area contributed by atoms with Crippen LogP contribution < -0.4 is 0 Å². The lowest BCUT2D eigenvalue weighted by Gasteiger charge is -2.37. The molecule has 0 aliphatic carbocycles. The zero-order valence-electron chi connectivity index (χ0n) is 14.4. The predicted octanol–water partition coefficient (Wildman–Crippen LogP) is 1.33. The molecule has 1 amide bonds. The number of rotatable bonds is 5. The smallest absolute Gasteiger partial charge is 0.276 e. The number of thiophene rings is 1. The van der Waals surface area contributed by atoms with E-state index in [4.69, 9.17) is 4.74 Å². The molecule has 134 valence electrons. The molecule has 2 fully saturated rings. The molecule has 0 aromatic carbocycles. The van der Waals surface area contributed by atoms with E-state index in [-0.39, 0.29) is 11.3 Å². The van der Waals surface area contributed by atoms with Crippen LogP contribution in [-0.4, -0.2) is 70.1 Å². The van der Waals surface area contributed by atoms with Gasteiger partial charge < -0.3 is 9.64 Å². The van der Waals surface area contributed by atoms with Crippen molar-refractivity contribution >= 4 is 17.2 Å². The monoisotopic (exact) mass is 361 g/mol. The molecule has 2 aromatic rings. The topological polar surface area (TPSA) is 63.5 Å². The summed E-state index contributed by atoms with van der Waals surface area (Å²) in [5, 5.41) is 10.3. The first-order valence-electron chi connectivity index (χ1n) is 8.63. The van der Waals surface area contributed by atoms with E-state index in [1.165, 1.54) is 4.88 Å². The summed E-state index contributed by atoms with van der Waals surface area (Å²) in [5.74, 6) is -0.0166. The maximum absolute atomic E-state index is 12.7. The summed E-state index contributed by atoms with van der Waals surface area (Å²) in [6.45, 7) is 8.61. The lowest BCUT2D eigenvalue weighted by atomic mass is 9.89. The zero-order valence-corrected chi connectivity index (χ0v) is 15.2. The van der Waals surface area contributed by atoms with Crippen molar-refractivity contribution in [3.63, 3.8) is 0 Å². The van der Waals surface area contributed by atoms with E-state index in [9.17, 15) is 4.79 Å². The number of hydrogen-bond donors (Lipinski definition) is 0. The first-order valence-corrected chi connectivity index (χ1v) is 9.51. The highest BCUT2D eigenvalue weighted by atomic mass is 32.1. The molecule has 4 rings (SSSR count). The average molecular weight is 361 g/mol. The quantitative estimate of drug-likeness (QED) is 0.804.